The second-order valence-corrected chi connectivity index (χ2v) is 6.60. The number of pyridine rings is 1. The van der Waals surface area contributed by atoms with Crippen molar-refractivity contribution < 1.29 is 0 Å². The van der Waals surface area contributed by atoms with Crippen molar-refractivity contribution in [1.29, 1.82) is 0 Å². The first kappa shape index (κ1) is 16.4. The van der Waals surface area contributed by atoms with Crippen molar-refractivity contribution in [2.75, 3.05) is 13.1 Å². The molecule has 0 saturated carbocycles. The predicted molar refractivity (Wildman–Crippen MR) is 89.1 cm³/mol. The van der Waals surface area contributed by atoms with E-state index in [4.69, 9.17) is 0 Å². The molecule has 1 aliphatic heterocycles. The van der Waals surface area contributed by atoms with Gasteiger partial charge in [0.15, 0.2) is 0 Å². The number of aromatic nitrogens is 1. The van der Waals surface area contributed by atoms with Gasteiger partial charge in [0.2, 0.25) is 0 Å². The lowest BCUT2D eigenvalue weighted by Crippen LogP contribution is -2.59. The predicted octanol–water partition coefficient (Wildman–Crippen LogP) is 3.32. The summed E-state index contributed by atoms with van der Waals surface area (Å²) in [4.78, 5) is 7.18. The summed E-state index contributed by atoms with van der Waals surface area (Å²) in [5.41, 5.74) is 1.19. The van der Waals surface area contributed by atoms with Gasteiger partial charge in [-0.15, -0.1) is 0 Å². The molecule has 0 aliphatic carbocycles. The molecule has 0 amide bonds. The van der Waals surface area contributed by atoms with Gasteiger partial charge < -0.3 is 5.32 Å². The Morgan fingerprint density at radius 1 is 1.24 bits per heavy atom. The zero-order chi connectivity index (χ0) is 15.2. The summed E-state index contributed by atoms with van der Waals surface area (Å²) in [7, 11) is 0. The summed E-state index contributed by atoms with van der Waals surface area (Å²) in [6.07, 6.45) is 4.38. The highest BCUT2D eigenvalue weighted by molar-refractivity contribution is 5.04. The third kappa shape index (κ3) is 4.27. The van der Waals surface area contributed by atoms with Crippen LogP contribution in [-0.4, -0.2) is 35.1 Å². The Balaban J connectivity index is 2.09. The van der Waals surface area contributed by atoms with Crippen LogP contribution in [0.5, 0.6) is 0 Å². The maximum atomic E-state index is 4.52. The van der Waals surface area contributed by atoms with Crippen molar-refractivity contribution in [1.82, 2.24) is 15.2 Å². The number of piperazine rings is 1. The second-order valence-electron chi connectivity index (χ2n) is 6.60. The van der Waals surface area contributed by atoms with Crippen LogP contribution in [0.4, 0.5) is 0 Å². The summed E-state index contributed by atoms with van der Waals surface area (Å²) in [6.45, 7) is 12.5. The Kier molecular flexibility index (Phi) is 6.19. The molecule has 21 heavy (non-hydrogen) atoms. The van der Waals surface area contributed by atoms with Crippen molar-refractivity contribution in [3.8, 4) is 0 Å². The fourth-order valence-electron chi connectivity index (χ4n) is 3.23. The van der Waals surface area contributed by atoms with E-state index in [0.29, 0.717) is 12.1 Å². The highest BCUT2D eigenvalue weighted by Crippen LogP contribution is 2.23. The van der Waals surface area contributed by atoms with Crippen LogP contribution in [-0.2, 0) is 6.54 Å². The molecule has 118 valence electrons. The minimum Gasteiger partial charge on any atom is -0.311 e. The number of hydrogen-bond donors (Lipinski definition) is 1. The Hall–Kier alpha value is -0.930. The van der Waals surface area contributed by atoms with Gasteiger partial charge in [0.05, 0.1) is 5.69 Å². The first-order valence-corrected chi connectivity index (χ1v) is 8.53. The molecule has 1 aromatic rings. The molecule has 3 nitrogen and oxygen atoms in total. The molecule has 4 atom stereocenters. The minimum absolute atomic E-state index is 0.610. The van der Waals surface area contributed by atoms with Crippen LogP contribution in [0.3, 0.4) is 0 Å². The van der Waals surface area contributed by atoms with E-state index in [9.17, 15) is 0 Å². The van der Waals surface area contributed by atoms with Gasteiger partial charge >= 0.3 is 0 Å². The molecule has 1 saturated heterocycles. The quantitative estimate of drug-likeness (QED) is 0.871. The minimum atomic E-state index is 0.610. The van der Waals surface area contributed by atoms with E-state index in [1.807, 2.05) is 12.3 Å². The van der Waals surface area contributed by atoms with Gasteiger partial charge in [-0.2, -0.15) is 0 Å². The van der Waals surface area contributed by atoms with E-state index in [1.54, 1.807) is 0 Å². The standard InChI is InChI=1S/C18H31N3/c1-5-14(3)17-13-21(12-16-9-7-8-10-19-16)18(11-20-17)15(4)6-2/h7-10,14-15,17-18,20H,5-6,11-13H2,1-4H3. The molecule has 1 aromatic heterocycles. The van der Waals surface area contributed by atoms with Gasteiger partial charge in [-0.3, -0.25) is 9.88 Å². The molecule has 4 unspecified atom stereocenters. The molecule has 1 aliphatic rings. The number of nitrogens with zero attached hydrogens (tertiary/aromatic N) is 2. The van der Waals surface area contributed by atoms with Crippen LogP contribution in [0.1, 0.15) is 46.2 Å². The molecule has 0 bridgehead atoms. The van der Waals surface area contributed by atoms with Crippen LogP contribution >= 0.6 is 0 Å². The average molecular weight is 289 g/mol. The van der Waals surface area contributed by atoms with Gasteiger partial charge in [-0.05, 0) is 24.0 Å². The fraction of sp³-hybridized carbons (Fsp3) is 0.722. The zero-order valence-electron chi connectivity index (χ0n) is 14.0. The molecule has 1 fully saturated rings. The van der Waals surface area contributed by atoms with Crippen molar-refractivity contribution in [3.63, 3.8) is 0 Å². The average Bonchev–Trinajstić information content (AvgIpc) is 2.54. The topological polar surface area (TPSA) is 28.2 Å². The van der Waals surface area contributed by atoms with Crippen LogP contribution in [0, 0.1) is 11.8 Å². The molecule has 1 N–H and O–H groups in total. The monoisotopic (exact) mass is 289 g/mol. The molecule has 3 heteroatoms. The first-order valence-electron chi connectivity index (χ1n) is 8.53. The SMILES string of the molecule is CCC(C)C1CN(Cc2ccccn2)C(C(C)CC)CN1. The lowest BCUT2D eigenvalue weighted by Gasteiger charge is -2.44. The van der Waals surface area contributed by atoms with Gasteiger partial charge in [-0.1, -0.05) is 46.6 Å². The summed E-state index contributed by atoms with van der Waals surface area (Å²) in [5, 5.41) is 3.79. The maximum absolute atomic E-state index is 4.52. The fourth-order valence-corrected chi connectivity index (χ4v) is 3.23. The highest BCUT2D eigenvalue weighted by Gasteiger charge is 2.32. The van der Waals surface area contributed by atoms with E-state index in [0.717, 1.165) is 31.5 Å². The zero-order valence-corrected chi connectivity index (χ0v) is 14.0. The van der Waals surface area contributed by atoms with E-state index >= 15 is 0 Å². The molecular weight excluding hydrogens is 258 g/mol. The third-order valence-corrected chi connectivity index (χ3v) is 5.21. The molecule has 0 aromatic carbocycles. The van der Waals surface area contributed by atoms with Crippen molar-refractivity contribution in [3.05, 3.63) is 30.1 Å². The summed E-state index contributed by atoms with van der Waals surface area (Å²) < 4.78 is 0. The van der Waals surface area contributed by atoms with Gasteiger partial charge in [0.1, 0.15) is 0 Å². The number of nitrogens with one attached hydrogen (secondary N) is 1. The Bertz CT molecular complexity index is 406. The largest absolute Gasteiger partial charge is 0.311 e. The summed E-state index contributed by atoms with van der Waals surface area (Å²) in [6, 6.07) is 7.47. The summed E-state index contributed by atoms with van der Waals surface area (Å²) >= 11 is 0. The van der Waals surface area contributed by atoms with E-state index in [-0.39, 0.29) is 0 Å². The van der Waals surface area contributed by atoms with E-state index in [1.165, 1.54) is 18.5 Å². The third-order valence-electron chi connectivity index (χ3n) is 5.21. The van der Waals surface area contributed by atoms with Gasteiger partial charge in [0, 0.05) is 37.9 Å². The highest BCUT2D eigenvalue weighted by atomic mass is 15.2. The van der Waals surface area contributed by atoms with Crippen LogP contribution in [0.2, 0.25) is 0 Å². The first-order chi connectivity index (χ1) is 10.2. The number of hydrogen-bond acceptors (Lipinski definition) is 3. The molecule has 2 rings (SSSR count). The van der Waals surface area contributed by atoms with Crippen molar-refractivity contribution in [2.45, 2.75) is 59.2 Å². The number of rotatable bonds is 6. The smallest absolute Gasteiger partial charge is 0.0544 e. The Morgan fingerprint density at radius 2 is 2.00 bits per heavy atom. The Labute approximate surface area is 130 Å². The van der Waals surface area contributed by atoms with Gasteiger partial charge in [0.25, 0.3) is 0 Å². The normalized spacial score (nSPS) is 26.5. The van der Waals surface area contributed by atoms with E-state index < -0.39 is 0 Å². The van der Waals surface area contributed by atoms with Crippen molar-refractivity contribution >= 4 is 0 Å². The Morgan fingerprint density at radius 3 is 2.62 bits per heavy atom. The molecular formula is C18H31N3. The molecule has 2 heterocycles. The molecule has 0 spiro atoms. The van der Waals surface area contributed by atoms with Crippen molar-refractivity contribution in [2.24, 2.45) is 11.8 Å². The lowest BCUT2D eigenvalue weighted by molar-refractivity contribution is 0.0683. The van der Waals surface area contributed by atoms with Crippen LogP contribution < -0.4 is 5.32 Å². The second kappa shape index (κ2) is 7.90. The van der Waals surface area contributed by atoms with Crippen LogP contribution in [0.25, 0.3) is 0 Å². The molecule has 0 radical (unpaired) electrons. The van der Waals surface area contributed by atoms with E-state index in [2.05, 4.69) is 55.0 Å². The maximum Gasteiger partial charge on any atom is 0.0544 e. The lowest BCUT2D eigenvalue weighted by atomic mass is 9.90. The van der Waals surface area contributed by atoms with Crippen LogP contribution in [0.15, 0.2) is 24.4 Å². The van der Waals surface area contributed by atoms with Gasteiger partial charge in [-0.25, -0.2) is 0 Å². The summed E-state index contributed by atoms with van der Waals surface area (Å²) in [5.74, 6) is 1.45.